The molecule has 9 heteroatoms. The number of hydrogen-bond donors (Lipinski definition) is 1. The van der Waals surface area contributed by atoms with Crippen LogP contribution in [0.5, 0.6) is 0 Å². The number of rotatable bonds is 8. The topological polar surface area (TPSA) is 75.7 Å². The molecule has 1 saturated carbocycles. The van der Waals surface area contributed by atoms with Gasteiger partial charge in [-0.15, -0.1) is 11.8 Å². The molecule has 2 rings (SSSR count). The second-order valence-corrected chi connectivity index (χ2v) is 7.61. The van der Waals surface area contributed by atoms with Gasteiger partial charge in [-0.1, -0.05) is 19.3 Å². The van der Waals surface area contributed by atoms with Gasteiger partial charge in [-0.25, -0.2) is 8.78 Å². The number of esters is 1. The van der Waals surface area contributed by atoms with Gasteiger partial charge in [0.25, 0.3) is 5.91 Å². The zero-order valence-corrected chi connectivity index (χ0v) is 16.5. The summed E-state index contributed by atoms with van der Waals surface area (Å²) in [5, 5.41) is 2.13. The minimum absolute atomic E-state index is 0.0379. The summed E-state index contributed by atoms with van der Waals surface area (Å²) in [5.74, 6) is -2.90. The second kappa shape index (κ2) is 11.0. The molecule has 0 saturated heterocycles. The Morgan fingerprint density at radius 3 is 2.61 bits per heavy atom. The lowest BCUT2D eigenvalue weighted by Gasteiger charge is -2.31. The number of carbonyl (C=O) groups is 3. The number of carbonyl (C=O) groups excluding carboxylic acids is 3. The van der Waals surface area contributed by atoms with Crippen LogP contribution >= 0.6 is 11.8 Å². The number of benzene rings is 1. The number of nitrogens with zero attached hydrogens (tertiary/aromatic N) is 1. The Morgan fingerprint density at radius 2 is 1.89 bits per heavy atom. The predicted molar refractivity (Wildman–Crippen MR) is 103 cm³/mol. The minimum Gasteiger partial charge on any atom is -0.455 e. The SMILES string of the molecule is CN(C(=O)CSCC(=O)OCC(=O)Nc1cc(F)ccc1F)C1CCCCC1. The highest BCUT2D eigenvalue weighted by molar-refractivity contribution is 8.00. The molecule has 0 aromatic heterocycles. The first-order chi connectivity index (χ1) is 13.4. The number of amides is 2. The van der Waals surface area contributed by atoms with Crippen LogP contribution in [0.4, 0.5) is 14.5 Å². The van der Waals surface area contributed by atoms with Crippen LogP contribution in [0.2, 0.25) is 0 Å². The molecule has 28 heavy (non-hydrogen) atoms. The monoisotopic (exact) mass is 414 g/mol. The summed E-state index contributed by atoms with van der Waals surface area (Å²) < 4.78 is 31.3. The van der Waals surface area contributed by atoms with Gasteiger partial charge in [-0.3, -0.25) is 14.4 Å². The summed E-state index contributed by atoms with van der Waals surface area (Å²) in [6.45, 7) is -0.620. The summed E-state index contributed by atoms with van der Waals surface area (Å²) in [4.78, 5) is 37.3. The number of halogens is 2. The van der Waals surface area contributed by atoms with Crippen molar-refractivity contribution >= 4 is 35.2 Å². The van der Waals surface area contributed by atoms with Crippen molar-refractivity contribution in [2.24, 2.45) is 0 Å². The van der Waals surface area contributed by atoms with Gasteiger partial charge in [0.1, 0.15) is 11.6 Å². The maximum absolute atomic E-state index is 13.4. The van der Waals surface area contributed by atoms with Crippen molar-refractivity contribution in [2.45, 2.75) is 38.1 Å². The Hall–Kier alpha value is -2.16. The van der Waals surface area contributed by atoms with E-state index in [0.29, 0.717) is 0 Å². The van der Waals surface area contributed by atoms with Crippen molar-refractivity contribution in [1.82, 2.24) is 4.90 Å². The number of anilines is 1. The Kier molecular flexibility index (Phi) is 8.69. The average molecular weight is 414 g/mol. The Bertz CT molecular complexity index is 711. The first kappa shape index (κ1) is 22.1. The van der Waals surface area contributed by atoms with Crippen LogP contribution in [-0.4, -0.2) is 53.9 Å². The van der Waals surface area contributed by atoms with Crippen LogP contribution in [-0.2, 0) is 19.1 Å². The third-order valence-electron chi connectivity index (χ3n) is 4.53. The van der Waals surface area contributed by atoms with E-state index in [1.165, 1.54) is 6.42 Å². The van der Waals surface area contributed by atoms with Crippen LogP contribution in [0.25, 0.3) is 0 Å². The summed E-state index contributed by atoms with van der Waals surface area (Å²) in [6.07, 6.45) is 5.48. The van der Waals surface area contributed by atoms with E-state index in [1.807, 2.05) is 0 Å². The van der Waals surface area contributed by atoms with Crippen molar-refractivity contribution < 1.29 is 27.9 Å². The van der Waals surface area contributed by atoms with Gasteiger partial charge >= 0.3 is 5.97 Å². The molecule has 6 nitrogen and oxygen atoms in total. The summed E-state index contributed by atoms with van der Waals surface area (Å²) in [7, 11) is 1.78. The maximum Gasteiger partial charge on any atom is 0.316 e. The van der Waals surface area contributed by atoms with Gasteiger partial charge < -0.3 is 15.0 Å². The predicted octanol–water partition coefficient (Wildman–Crippen LogP) is 2.97. The van der Waals surface area contributed by atoms with Gasteiger partial charge in [0.15, 0.2) is 6.61 Å². The highest BCUT2D eigenvalue weighted by atomic mass is 32.2. The van der Waals surface area contributed by atoms with Crippen molar-refractivity contribution in [3.63, 3.8) is 0 Å². The molecule has 1 aliphatic carbocycles. The smallest absolute Gasteiger partial charge is 0.316 e. The lowest BCUT2D eigenvalue weighted by atomic mass is 9.94. The summed E-state index contributed by atoms with van der Waals surface area (Å²) in [5.41, 5.74) is -0.327. The molecule has 1 aromatic rings. The molecule has 1 aliphatic rings. The molecule has 2 amide bonds. The molecular formula is C19H24F2N2O4S. The fourth-order valence-corrected chi connectivity index (χ4v) is 3.69. The van der Waals surface area contributed by atoms with Gasteiger partial charge in [-0.2, -0.15) is 0 Å². The van der Waals surface area contributed by atoms with Gasteiger partial charge in [0.05, 0.1) is 17.2 Å². The van der Waals surface area contributed by atoms with Crippen molar-refractivity contribution in [3.05, 3.63) is 29.8 Å². The van der Waals surface area contributed by atoms with Gasteiger partial charge in [-0.05, 0) is 25.0 Å². The Balaban J connectivity index is 1.64. The molecule has 1 N–H and O–H groups in total. The van der Waals surface area contributed by atoms with Crippen LogP contribution in [0, 0.1) is 11.6 Å². The van der Waals surface area contributed by atoms with Crippen molar-refractivity contribution in [1.29, 1.82) is 0 Å². The van der Waals surface area contributed by atoms with E-state index >= 15 is 0 Å². The van der Waals surface area contributed by atoms with E-state index in [9.17, 15) is 23.2 Å². The van der Waals surface area contributed by atoms with E-state index in [4.69, 9.17) is 4.74 Å². The number of thioether (sulfide) groups is 1. The van der Waals surface area contributed by atoms with Crippen LogP contribution in [0.3, 0.4) is 0 Å². The van der Waals surface area contributed by atoms with Gasteiger partial charge in [0.2, 0.25) is 5.91 Å². The van der Waals surface area contributed by atoms with E-state index in [0.717, 1.165) is 55.6 Å². The molecule has 0 aliphatic heterocycles. The third kappa shape index (κ3) is 7.10. The maximum atomic E-state index is 13.4. The molecule has 0 heterocycles. The van der Waals surface area contributed by atoms with E-state index in [1.54, 1.807) is 11.9 Å². The normalized spacial score (nSPS) is 14.4. The molecule has 0 atom stereocenters. The summed E-state index contributed by atoms with van der Waals surface area (Å²) in [6, 6.07) is 2.91. The molecule has 1 fully saturated rings. The zero-order chi connectivity index (χ0) is 20.5. The highest BCUT2D eigenvalue weighted by Crippen LogP contribution is 2.22. The molecule has 0 bridgehead atoms. The molecule has 154 valence electrons. The number of nitrogens with one attached hydrogen (secondary N) is 1. The average Bonchev–Trinajstić information content (AvgIpc) is 2.69. The highest BCUT2D eigenvalue weighted by Gasteiger charge is 2.22. The number of hydrogen-bond acceptors (Lipinski definition) is 5. The molecule has 1 aromatic carbocycles. The molecular weight excluding hydrogens is 390 g/mol. The quantitative estimate of drug-likeness (QED) is 0.662. The van der Waals surface area contributed by atoms with E-state index in [-0.39, 0.29) is 29.1 Å². The largest absolute Gasteiger partial charge is 0.455 e. The molecule has 0 unspecified atom stereocenters. The standard InChI is InChI=1S/C19H24F2N2O4S/c1-23(14-5-3-2-4-6-14)18(25)11-28-12-19(26)27-10-17(24)22-16-9-13(20)7-8-15(16)21/h7-9,14H,2-6,10-12H2,1H3,(H,22,24). The fraction of sp³-hybridized carbons (Fsp3) is 0.526. The lowest BCUT2D eigenvalue weighted by molar-refractivity contribution is -0.144. The van der Waals surface area contributed by atoms with Crippen molar-refractivity contribution in [2.75, 3.05) is 30.5 Å². The van der Waals surface area contributed by atoms with Crippen LogP contribution in [0.1, 0.15) is 32.1 Å². The first-order valence-electron chi connectivity index (χ1n) is 9.10. The third-order valence-corrected chi connectivity index (χ3v) is 5.42. The second-order valence-electron chi connectivity index (χ2n) is 6.62. The Labute approximate surface area is 167 Å². The van der Waals surface area contributed by atoms with Crippen LogP contribution < -0.4 is 5.32 Å². The van der Waals surface area contributed by atoms with E-state index in [2.05, 4.69) is 5.32 Å². The zero-order valence-electron chi connectivity index (χ0n) is 15.7. The molecule has 0 radical (unpaired) electrons. The summed E-state index contributed by atoms with van der Waals surface area (Å²) >= 11 is 1.11. The van der Waals surface area contributed by atoms with E-state index < -0.39 is 30.1 Å². The van der Waals surface area contributed by atoms with Crippen LogP contribution in [0.15, 0.2) is 18.2 Å². The van der Waals surface area contributed by atoms with Crippen molar-refractivity contribution in [3.8, 4) is 0 Å². The lowest BCUT2D eigenvalue weighted by Crippen LogP contribution is -2.39. The minimum atomic E-state index is -0.794. The number of ether oxygens (including phenoxy) is 1. The fourth-order valence-electron chi connectivity index (χ4n) is 2.96. The Morgan fingerprint density at radius 1 is 1.18 bits per heavy atom. The van der Waals surface area contributed by atoms with Gasteiger partial charge in [0, 0.05) is 19.2 Å². The molecule has 0 spiro atoms. The first-order valence-corrected chi connectivity index (χ1v) is 10.3.